The Hall–Kier alpha value is -0.750. The number of aromatic nitrogens is 1. The van der Waals surface area contributed by atoms with Crippen LogP contribution in [0.4, 0.5) is 0 Å². The van der Waals surface area contributed by atoms with Gasteiger partial charge in [0.2, 0.25) is 0 Å². The van der Waals surface area contributed by atoms with Crippen LogP contribution in [0.2, 0.25) is 0 Å². The van der Waals surface area contributed by atoms with Gasteiger partial charge in [-0.05, 0) is 34.7 Å². The van der Waals surface area contributed by atoms with Crippen LogP contribution >= 0.6 is 33.9 Å². The molecule has 1 aromatic heterocycles. The molecule has 0 saturated carbocycles. The summed E-state index contributed by atoms with van der Waals surface area (Å²) in [6.45, 7) is 0. The van der Waals surface area contributed by atoms with Crippen LogP contribution in [0.15, 0.2) is 36.0 Å². The van der Waals surface area contributed by atoms with Gasteiger partial charge in [-0.15, -0.1) is 11.3 Å². The molecule has 1 aromatic carbocycles. The molecule has 0 amide bonds. The van der Waals surface area contributed by atoms with Gasteiger partial charge in [0.15, 0.2) is 5.78 Å². The van der Waals surface area contributed by atoms with Crippen molar-refractivity contribution in [1.82, 2.24) is 4.98 Å². The predicted molar refractivity (Wildman–Crippen MR) is 69.3 cm³/mol. The molecular formula is C11H8INOS. The average Bonchev–Trinajstić information content (AvgIpc) is 2.70. The van der Waals surface area contributed by atoms with Gasteiger partial charge in [-0.3, -0.25) is 9.78 Å². The summed E-state index contributed by atoms with van der Waals surface area (Å²) in [6, 6.07) is 7.64. The molecule has 0 radical (unpaired) electrons. The fourth-order valence-corrected chi connectivity index (χ4v) is 2.39. The molecule has 0 bridgehead atoms. The zero-order chi connectivity index (χ0) is 10.7. The number of Topliss-reactive ketones (excluding diaryl/α,β-unsaturated/α-hetero) is 1. The molecule has 0 spiro atoms. The Morgan fingerprint density at radius 3 is 3.00 bits per heavy atom. The normalized spacial score (nSPS) is 10.2. The summed E-state index contributed by atoms with van der Waals surface area (Å²) in [5.74, 6) is 0.151. The number of benzene rings is 1. The van der Waals surface area contributed by atoms with Crippen molar-refractivity contribution in [2.45, 2.75) is 6.42 Å². The third kappa shape index (κ3) is 2.85. The lowest BCUT2D eigenvalue weighted by molar-refractivity contribution is 0.0993. The van der Waals surface area contributed by atoms with Crippen LogP contribution in [-0.4, -0.2) is 10.8 Å². The number of hydrogen-bond acceptors (Lipinski definition) is 3. The summed E-state index contributed by atoms with van der Waals surface area (Å²) >= 11 is 3.72. The summed E-state index contributed by atoms with van der Waals surface area (Å²) in [5.41, 5.74) is 2.52. The third-order valence-corrected chi connectivity index (χ3v) is 3.42. The lowest BCUT2D eigenvalue weighted by atomic mass is 10.1. The van der Waals surface area contributed by atoms with E-state index in [1.807, 2.05) is 24.3 Å². The SMILES string of the molecule is O=C(Cc1cncs1)c1cccc(I)c1. The van der Waals surface area contributed by atoms with Crippen molar-refractivity contribution in [2.75, 3.05) is 0 Å². The molecule has 2 nitrogen and oxygen atoms in total. The Balaban J connectivity index is 2.15. The second-order valence-electron chi connectivity index (χ2n) is 3.08. The minimum Gasteiger partial charge on any atom is -0.294 e. The van der Waals surface area contributed by atoms with E-state index in [1.165, 1.54) is 11.3 Å². The maximum atomic E-state index is 11.8. The first-order valence-electron chi connectivity index (χ1n) is 4.42. The molecule has 0 aliphatic rings. The highest BCUT2D eigenvalue weighted by Gasteiger charge is 2.07. The van der Waals surface area contributed by atoms with Crippen molar-refractivity contribution >= 4 is 39.7 Å². The zero-order valence-corrected chi connectivity index (χ0v) is 10.8. The van der Waals surface area contributed by atoms with Gasteiger partial charge < -0.3 is 0 Å². The monoisotopic (exact) mass is 329 g/mol. The van der Waals surface area contributed by atoms with Crippen molar-refractivity contribution in [2.24, 2.45) is 0 Å². The van der Waals surface area contributed by atoms with Gasteiger partial charge in [0.05, 0.1) is 5.51 Å². The number of carbonyl (C=O) groups is 1. The molecule has 0 atom stereocenters. The Labute approximate surface area is 106 Å². The second-order valence-corrected chi connectivity index (χ2v) is 5.29. The van der Waals surface area contributed by atoms with Gasteiger partial charge in [-0.25, -0.2) is 0 Å². The van der Waals surface area contributed by atoms with Crippen LogP contribution < -0.4 is 0 Å². The Bertz CT molecular complexity index is 467. The van der Waals surface area contributed by atoms with E-state index in [9.17, 15) is 4.79 Å². The highest BCUT2D eigenvalue weighted by atomic mass is 127. The van der Waals surface area contributed by atoms with E-state index in [2.05, 4.69) is 27.6 Å². The van der Waals surface area contributed by atoms with E-state index in [0.717, 1.165) is 14.0 Å². The Morgan fingerprint density at radius 2 is 2.33 bits per heavy atom. The van der Waals surface area contributed by atoms with Gasteiger partial charge in [0, 0.05) is 26.6 Å². The first-order chi connectivity index (χ1) is 7.25. The average molecular weight is 329 g/mol. The Kier molecular flexibility index (Phi) is 3.48. The topological polar surface area (TPSA) is 30.0 Å². The van der Waals surface area contributed by atoms with E-state index >= 15 is 0 Å². The fourth-order valence-electron chi connectivity index (χ4n) is 1.25. The van der Waals surface area contributed by atoms with Crippen LogP contribution in [0.1, 0.15) is 15.2 Å². The maximum Gasteiger partial charge on any atom is 0.168 e. The minimum absolute atomic E-state index is 0.151. The van der Waals surface area contributed by atoms with Crippen LogP contribution in [0.5, 0.6) is 0 Å². The van der Waals surface area contributed by atoms with E-state index in [4.69, 9.17) is 0 Å². The molecule has 2 rings (SSSR count). The van der Waals surface area contributed by atoms with E-state index in [1.54, 1.807) is 11.7 Å². The first-order valence-corrected chi connectivity index (χ1v) is 6.37. The van der Waals surface area contributed by atoms with Crippen molar-refractivity contribution in [3.63, 3.8) is 0 Å². The van der Waals surface area contributed by atoms with Gasteiger partial charge in [0.25, 0.3) is 0 Å². The second kappa shape index (κ2) is 4.85. The van der Waals surface area contributed by atoms with Crippen molar-refractivity contribution in [3.8, 4) is 0 Å². The van der Waals surface area contributed by atoms with Crippen molar-refractivity contribution < 1.29 is 4.79 Å². The molecule has 0 aliphatic heterocycles. The molecule has 15 heavy (non-hydrogen) atoms. The van der Waals surface area contributed by atoms with Gasteiger partial charge in [0.1, 0.15) is 0 Å². The van der Waals surface area contributed by atoms with Crippen LogP contribution in [-0.2, 0) is 6.42 Å². The van der Waals surface area contributed by atoms with E-state index < -0.39 is 0 Å². The molecule has 0 saturated heterocycles. The minimum atomic E-state index is 0.151. The molecule has 4 heteroatoms. The molecule has 1 heterocycles. The molecule has 76 valence electrons. The summed E-state index contributed by atoms with van der Waals surface area (Å²) in [7, 11) is 0. The summed E-state index contributed by atoms with van der Waals surface area (Å²) in [6.07, 6.45) is 2.20. The summed E-state index contributed by atoms with van der Waals surface area (Å²) in [5, 5.41) is 0. The van der Waals surface area contributed by atoms with Crippen LogP contribution in [0.3, 0.4) is 0 Å². The molecule has 2 aromatic rings. The smallest absolute Gasteiger partial charge is 0.168 e. The summed E-state index contributed by atoms with van der Waals surface area (Å²) < 4.78 is 1.09. The standard InChI is InChI=1S/C11H8INOS/c12-9-3-1-2-8(4-9)11(14)5-10-6-13-7-15-10/h1-4,6-7H,5H2. The van der Waals surface area contributed by atoms with E-state index in [0.29, 0.717) is 6.42 Å². The predicted octanol–water partition coefficient (Wildman–Crippen LogP) is 3.17. The maximum absolute atomic E-state index is 11.8. The van der Waals surface area contributed by atoms with Gasteiger partial charge in [-0.1, -0.05) is 12.1 Å². The Morgan fingerprint density at radius 1 is 1.47 bits per heavy atom. The molecule has 0 aliphatic carbocycles. The number of thiazole rings is 1. The number of ketones is 1. The largest absolute Gasteiger partial charge is 0.294 e. The van der Waals surface area contributed by atoms with Crippen molar-refractivity contribution in [3.05, 3.63) is 50.0 Å². The lowest BCUT2D eigenvalue weighted by Crippen LogP contribution is -2.02. The highest BCUT2D eigenvalue weighted by molar-refractivity contribution is 14.1. The molecule has 0 fully saturated rings. The molecule has 0 unspecified atom stereocenters. The van der Waals surface area contributed by atoms with E-state index in [-0.39, 0.29) is 5.78 Å². The number of rotatable bonds is 3. The fraction of sp³-hybridized carbons (Fsp3) is 0.0909. The number of carbonyl (C=O) groups excluding carboxylic acids is 1. The first kappa shape index (κ1) is 10.8. The van der Waals surface area contributed by atoms with Crippen LogP contribution in [0, 0.1) is 3.57 Å². The molecule has 0 N–H and O–H groups in total. The zero-order valence-electron chi connectivity index (χ0n) is 7.81. The quantitative estimate of drug-likeness (QED) is 0.640. The van der Waals surface area contributed by atoms with Gasteiger partial charge >= 0.3 is 0 Å². The summed E-state index contributed by atoms with van der Waals surface area (Å²) in [4.78, 5) is 16.8. The van der Waals surface area contributed by atoms with Crippen molar-refractivity contribution in [1.29, 1.82) is 0 Å². The lowest BCUT2D eigenvalue weighted by Gasteiger charge is -1.99. The van der Waals surface area contributed by atoms with Gasteiger partial charge in [-0.2, -0.15) is 0 Å². The third-order valence-electron chi connectivity index (χ3n) is 1.96. The number of hydrogen-bond donors (Lipinski definition) is 0. The number of nitrogens with zero attached hydrogens (tertiary/aromatic N) is 1. The highest BCUT2D eigenvalue weighted by Crippen LogP contribution is 2.13. The number of halogens is 1. The molecular weight excluding hydrogens is 321 g/mol. The van der Waals surface area contributed by atoms with Crippen LogP contribution in [0.25, 0.3) is 0 Å².